The Balaban J connectivity index is 1.65. The Labute approximate surface area is 140 Å². The molecule has 1 saturated heterocycles. The van der Waals surface area contributed by atoms with Gasteiger partial charge in [0.2, 0.25) is 0 Å². The normalized spacial score (nSPS) is 18.7. The van der Waals surface area contributed by atoms with Crippen molar-refractivity contribution in [1.29, 1.82) is 0 Å². The molecule has 5 nitrogen and oxygen atoms in total. The Morgan fingerprint density at radius 1 is 1.33 bits per heavy atom. The monoisotopic (exact) mass is 327 g/mol. The highest BCUT2D eigenvalue weighted by molar-refractivity contribution is 5.76. The van der Waals surface area contributed by atoms with E-state index in [1.54, 1.807) is 0 Å². The van der Waals surface area contributed by atoms with E-state index in [0.29, 0.717) is 6.04 Å². The number of benzene rings is 1. The van der Waals surface area contributed by atoms with Gasteiger partial charge in [0.1, 0.15) is 11.6 Å². The van der Waals surface area contributed by atoms with Crippen molar-refractivity contribution in [3.05, 3.63) is 47.8 Å². The molecule has 1 aliphatic heterocycles. The maximum atomic E-state index is 13.5. The van der Waals surface area contributed by atoms with Gasteiger partial charge in [-0.2, -0.15) is 5.10 Å². The van der Waals surface area contributed by atoms with Gasteiger partial charge < -0.3 is 4.57 Å². The molecule has 2 aromatic heterocycles. The topological polar surface area (TPSA) is 38.9 Å². The van der Waals surface area contributed by atoms with Crippen molar-refractivity contribution < 1.29 is 4.39 Å². The van der Waals surface area contributed by atoms with Gasteiger partial charge in [0.25, 0.3) is 0 Å². The van der Waals surface area contributed by atoms with E-state index < -0.39 is 0 Å². The van der Waals surface area contributed by atoms with E-state index in [4.69, 9.17) is 4.98 Å². The first-order valence-electron chi connectivity index (χ1n) is 8.53. The molecule has 1 unspecified atom stereocenters. The van der Waals surface area contributed by atoms with Crippen LogP contribution in [0.2, 0.25) is 0 Å². The van der Waals surface area contributed by atoms with Crippen molar-refractivity contribution in [2.75, 3.05) is 6.54 Å². The summed E-state index contributed by atoms with van der Waals surface area (Å²) in [6, 6.07) is 5.25. The summed E-state index contributed by atoms with van der Waals surface area (Å²) in [7, 11) is 1.95. The van der Waals surface area contributed by atoms with Gasteiger partial charge in [-0.3, -0.25) is 9.58 Å². The number of imidazole rings is 1. The fourth-order valence-electron chi connectivity index (χ4n) is 3.81. The predicted octanol–water partition coefficient (Wildman–Crippen LogP) is 3.27. The predicted molar refractivity (Wildman–Crippen MR) is 91.0 cm³/mol. The SMILES string of the molecule is CCn1c(CN2CCCC2c2cnn(C)c2)nc2cc(F)ccc21. The summed E-state index contributed by atoms with van der Waals surface area (Å²) in [5.74, 6) is 0.776. The zero-order chi connectivity index (χ0) is 16.7. The molecular weight excluding hydrogens is 305 g/mol. The summed E-state index contributed by atoms with van der Waals surface area (Å²) >= 11 is 0. The van der Waals surface area contributed by atoms with E-state index in [-0.39, 0.29) is 5.82 Å². The quantitative estimate of drug-likeness (QED) is 0.738. The van der Waals surface area contributed by atoms with Gasteiger partial charge >= 0.3 is 0 Å². The zero-order valence-electron chi connectivity index (χ0n) is 14.1. The third-order valence-corrected chi connectivity index (χ3v) is 4.92. The number of aryl methyl sites for hydroxylation is 2. The molecule has 0 N–H and O–H groups in total. The second kappa shape index (κ2) is 6.02. The minimum absolute atomic E-state index is 0.232. The lowest BCUT2D eigenvalue weighted by atomic mass is 10.1. The van der Waals surface area contributed by atoms with E-state index in [1.807, 2.05) is 24.0 Å². The molecule has 3 heterocycles. The average Bonchev–Trinajstić information content (AvgIpc) is 3.25. The Bertz CT molecular complexity index is 866. The standard InChI is InChI=1S/C18H22FN5/c1-3-24-17-7-6-14(19)9-15(17)21-18(24)12-23-8-4-5-16(23)13-10-20-22(2)11-13/h6-7,9-11,16H,3-5,8,12H2,1-2H3. The molecule has 24 heavy (non-hydrogen) atoms. The van der Waals surface area contributed by atoms with Gasteiger partial charge in [0.15, 0.2) is 0 Å². The third kappa shape index (κ3) is 2.60. The number of hydrogen-bond donors (Lipinski definition) is 0. The Morgan fingerprint density at radius 2 is 2.21 bits per heavy atom. The van der Waals surface area contributed by atoms with Gasteiger partial charge in [0, 0.05) is 37.5 Å². The molecule has 0 amide bonds. The molecule has 0 aliphatic carbocycles. The molecule has 0 radical (unpaired) electrons. The summed E-state index contributed by atoms with van der Waals surface area (Å²) in [6.45, 7) is 4.78. The van der Waals surface area contributed by atoms with Crippen molar-refractivity contribution >= 4 is 11.0 Å². The van der Waals surface area contributed by atoms with E-state index >= 15 is 0 Å². The van der Waals surface area contributed by atoms with Crippen LogP contribution in [-0.4, -0.2) is 30.8 Å². The minimum atomic E-state index is -0.232. The molecule has 0 saturated carbocycles. The first-order valence-corrected chi connectivity index (χ1v) is 8.53. The Kier molecular flexibility index (Phi) is 3.84. The molecule has 6 heteroatoms. The average molecular weight is 327 g/mol. The Morgan fingerprint density at radius 3 is 2.96 bits per heavy atom. The highest BCUT2D eigenvalue weighted by Gasteiger charge is 2.28. The lowest BCUT2D eigenvalue weighted by Crippen LogP contribution is -2.24. The van der Waals surface area contributed by atoms with E-state index in [2.05, 4.69) is 27.7 Å². The van der Waals surface area contributed by atoms with Gasteiger partial charge in [-0.15, -0.1) is 0 Å². The van der Waals surface area contributed by atoms with Crippen LogP contribution in [0.5, 0.6) is 0 Å². The molecule has 0 bridgehead atoms. The number of rotatable bonds is 4. The largest absolute Gasteiger partial charge is 0.327 e. The highest BCUT2D eigenvalue weighted by Crippen LogP contribution is 2.33. The maximum absolute atomic E-state index is 13.5. The molecule has 1 aliphatic rings. The van der Waals surface area contributed by atoms with Gasteiger partial charge in [-0.1, -0.05) is 0 Å². The first-order chi connectivity index (χ1) is 11.7. The van der Waals surface area contributed by atoms with Crippen LogP contribution in [0.4, 0.5) is 4.39 Å². The molecule has 3 aromatic rings. The van der Waals surface area contributed by atoms with Crippen LogP contribution in [-0.2, 0) is 20.1 Å². The van der Waals surface area contributed by atoms with Gasteiger partial charge in [0.05, 0.1) is 23.8 Å². The van der Waals surface area contributed by atoms with Crippen LogP contribution in [0, 0.1) is 5.82 Å². The number of halogens is 1. The second-order valence-electron chi connectivity index (χ2n) is 6.48. The number of fused-ring (bicyclic) bond motifs is 1. The van der Waals surface area contributed by atoms with Crippen LogP contribution < -0.4 is 0 Å². The minimum Gasteiger partial charge on any atom is -0.327 e. The van der Waals surface area contributed by atoms with Crippen LogP contribution >= 0.6 is 0 Å². The van der Waals surface area contributed by atoms with E-state index in [1.165, 1.54) is 24.1 Å². The van der Waals surface area contributed by atoms with Crippen LogP contribution in [0.15, 0.2) is 30.6 Å². The number of nitrogens with zero attached hydrogens (tertiary/aromatic N) is 5. The summed E-state index contributed by atoms with van der Waals surface area (Å²) in [4.78, 5) is 7.16. The van der Waals surface area contributed by atoms with Crippen molar-refractivity contribution in [2.24, 2.45) is 7.05 Å². The molecule has 0 spiro atoms. The lowest BCUT2D eigenvalue weighted by Gasteiger charge is -2.23. The summed E-state index contributed by atoms with van der Waals surface area (Å²) < 4.78 is 17.5. The summed E-state index contributed by atoms with van der Waals surface area (Å²) in [5, 5.41) is 4.31. The number of aromatic nitrogens is 4. The number of hydrogen-bond acceptors (Lipinski definition) is 3. The van der Waals surface area contributed by atoms with Gasteiger partial charge in [-0.25, -0.2) is 9.37 Å². The van der Waals surface area contributed by atoms with Crippen molar-refractivity contribution in [2.45, 2.75) is 38.9 Å². The summed E-state index contributed by atoms with van der Waals surface area (Å²) in [6.07, 6.45) is 6.38. The van der Waals surface area contributed by atoms with Gasteiger partial charge in [-0.05, 0) is 38.4 Å². The van der Waals surface area contributed by atoms with E-state index in [0.717, 1.165) is 42.9 Å². The highest BCUT2D eigenvalue weighted by atomic mass is 19.1. The van der Waals surface area contributed by atoms with Crippen LogP contribution in [0.25, 0.3) is 11.0 Å². The third-order valence-electron chi connectivity index (χ3n) is 4.92. The first kappa shape index (κ1) is 15.3. The molecule has 1 atom stereocenters. The smallest absolute Gasteiger partial charge is 0.125 e. The molecular formula is C18H22FN5. The molecule has 4 rings (SSSR count). The lowest BCUT2D eigenvalue weighted by molar-refractivity contribution is 0.239. The maximum Gasteiger partial charge on any atom is 0.125 e. The second-order valence-corrected chi connectivity index (χ2v) is 6.48. The molecule has 1 fully saturated rings. The fraction of sp³-hybridized carbons (Fsp3) is 0.444. The summed E-state index contributed by atoms with van der Waals surface area (Å²) in [5.41, 5.74) is 3.01. The fourth-order valence-corrected chi connectivity index (χ4v) is 3.81. The van der Waals surface area contributed by atoms with Crippen LogP contribution in [0.3, 0.4) is 0 Å². The van der Waals surface area contributed by atoms with Crippen LogP contribution in [0.1, 0.15) is 37.2 Å². The van der Waals surface area contributed by atoms with E-state index in [9.17, 15) is 4.39 Å². The zero-order valence-corrected chi connectivity index (χ0v) is 14.1. The molecule has 126 valence electrons. The van der Waals surface area contributed by atoms with Crippen molar-refractivity contribution in [3.8, 4) is 0 Å². The number of likely N-dealkylation sites (tertiary alicyclic amines) is 1. The molecule has 1 aromatic carbocycles. The van der Waals surface area contributed by atoms with Crippen molar-refractivity contribution in [1.82, 2.24) is 24.2 Å². The van der Waals surface area contributed by atoms with Crippen molar-refractivity contribution in [3.63, 3.8) is 0 Å². The Hall–Kier alpha value is -2.21.